The van der Waals surface area contributed by atoms with E-state index in [9.17, 15) is 49.6 Å². The Morgan fingerprint density at radius 3 is 1.36 bits per heavy atom. The third kappa shape index (κ3) is 5.51. The maximum Gasteiger partial charge on any atom is 0.489 e. The van der Waals surface area contributed by atoms with Crippen LogP contribution in [0.15, 0.2) is 60.7 Å². The highest BCUT2D eigenvalue weighted by molar-refractivity contribution is 6.60. The lowest BCUT2D eigenvalue weighted by Gasteiger charge is -2.17. The van der Waals surface area contributed by atoms with Gasteiger partial charge in [-0.25, -0.2) is 0 Å². The van der Waals surface area contributed by atoms with Crippen LogP contribution in [0, 0.1) is 0 Å². The highest BCUT2D eigenvalue weighted by Crippen LogP contribution is 2.41. The summed E-state index contributed by atoms with van der Waals surface area (Å²) < 4.78 is 120. The molecule has 0 aliphatic carbocycles. The van der Waals surface area contributed by atoms with Crippen LogP contribution in [0.4, 0.5) is 39.5 Å². The molecule has 33 heavy (non-hydrogen) atoms. The zero-order valence-corrected chi connectivity index (χ0v) is 16.1. The molecular formula is C21H12BF9O2. The summed E-state index contributed by atoms with van der Waals surface area (Å²) in [5.74, 6) is 0. The molecule has 0 saturated carbocycles. The Balaban J connectivity index is 2.34. The second-order valence-corrected chi connectivity index (χ2v) is 7.05. The van der Waals surface area contributed by atoms with Crippen LogP contribution in [-0.4, -0.2) is 17.2 Å². The third-order valence-corrected chi connectivity index (χ3v) is 4.73. The first-order valence-electron chi connectivity index (χ1n) is 9.05. The van der Waals surface area contributed by atoms with Crippen molar-refractivity contribution in [1.82, 2.24) is 0 Å². The summed E-state index contributed by atoms with van der Waals surface area (Å²) in [6.07, 6.45) is -15.4. The van der Waals surface area contributed by atoms with Crippen molar-refractivity contribution in [3.8, 4) is 22.3 Å². The number of hydrogen-bond acceptors (Lipinski definition) is 2. The average molecular weight is 478 g/mol. The van der Waals surface area contributed by atoms with Crippen molar-refractivity contribution in [2.24, 2.45) is 0 Å². The number of benzene rings is 3. The van der Waals surface area contributed by atoms with E-state index in [4.69, 9.17) is 0 Å². The molecule has 0 aromatic heterocycles. The summed E-state index contributed by atoms with van der Waals surface area (Å²) in [4.78, 5) is 0. The Labute approximate surface area is 181 Å². The van der Waals surface area contributed by atoms with Crippen molar-refractivity contribution in [3.05, 3.63) is 77.4 Å². The van der Waals surface area contributed by atoms with Gasteiger partial charge in [-0.1, -0.05) is 24.3 Å². The van der Waals surface area contributed by atoms with Gasteiger partial charge in [-0.15, -0.1) is 0 Å². The van der Waals surface area contributed by atoms with Crippen molar-refractivity contribution in [3.63, 3.8) is 0 Å². The van der Waals surface area contributed by atoms with Gasteiger partial charge in [0.2, 0.25) is 0 Å². The Morgan fingerprint density at radius 2 is 0.909 bits per heavy atom. The van der Waals surface area contributed by atoms with Crippen molar-refractivity contribution in [2.45, 2.75) is 18.5 Å². The molecule has 0 atom stereocenters. The van der Waals surface area contributed by atoms with Crippen LogP contribution in [0.1, 0.15) is 16.7 Å². The van der Waals surface area contributed by atoms with Crippen LogP contribution in [0.2, 0.25) is 0 Å². The van der Waals surface area contributed by atoms with E-state index in [0.717, 1.165) is 6.07 Å². The quantitative estimate of drug-likeness (QED) is 0.372. The predicted molar refractivity (Wildman–Crippen MR) is 102 cm³/mol. The standard InChI is InChI=1S/C21H12BF9O2/c23-19(24,25)14-6-11(5-13(9-14)17-3-1-2-4-18(17)22(32)33)12-7-15(20(26,27)28)10-16(8-12)21(29,30)31/h1-10,32-33H. The minimum Gasteiger partial charge on any atom is -0.423 e. The Kier molecular flexibility index (Phi) is 6.29. The van der Waals surface area contributed by atoms with Crippen LogP contribution in [0.5, 0.6) is 0 Å². The largest absolute Gasteiger partial charge is 0.489 e. The van der Waals surface area contributed by atoms with Gasteiger partial charge in [0.1, 0.15) is 0 Å². The van der Waals surface area contributed by atoms with Crippen molar-refractivity contribution >= 4 is 12.6 Å². The molecule has 0 bridgehead atoms. The molecule has 12 heteroatoms. The molecule has 0 heterocycles. The van der Waals surface area contributed by atoms with Crippen molar-refractivity contribution in [1.29, 1.82) is 0 Å². The van der Waals surface area contributed by atoms with Crippen LogP contribution < -0.4 is 5.46 Å². The molecule has 3 aromatic carbocycles. The molecule has 0 fully saturated rings. The van der Waals surface area contributed by atoms with Gasteiger partial charge in [0.25, 0.3) is 0 Å². The smallest absolute Gasteiger partial charge is 0.423 e. The molecule has 0 spiro atoms. The lowest BCUT2D eigenvalue weighted by atomic mass is 9.75. The Hall–Kier alpha value is -2.99. The van der Waals surface area contributed by atoms with E-state index in [2.05, 4.69) is 0 Å². The van der Waals surface area contributed by atoms with E-state index in [0.29, 0.717) is 24.3 Å². The van der Waals surface area contributed by atoms with Crippen LogP contribution in [0.3, 0.4) is 0 Å². The molecular weight excluding hydrogens is 466 g/mol. The topological polar surface area (TPSA) is 40.5 Å². The lowest BCUT2D eigenvalue weighted by Crippen LogP contribution is -2.31. The average Bonchev–Trinajstić information content (AvgIpc) is 2.71. The lowest BCUT2D eigenvalue weighted by molar-refractivity contribution is -0.143. The molecule has 2 nitrogen and oxygen atoms in total. The van der Waals surface area contributed by atoms with Gasteiger partial charge in [-0.2, -0.15) is 39.5 Å². The SMILES string of the molecule is OB(O)c1ccccc1-c1cc(-c2cc(C(F)(F)F)cc(C(F)(F)F)c2)cc(C(F)(F)F)c1. The molecule has 3 rings (SSSR count). The monoisotopic (exact) mass is 478 g/mol. The minimum atomic E-state index is -5.19. The van der Waals surface area contributed by atoms with E-state index in [1.54, 1.807) is 0 Å². The first kappa shape index (κ1) is 24.7. The van der Waals surface area contributed by atoms with E-state index in [1.165, 1.54) is 24.3 Å². The fraction of sp³-hybridized carbons (Fsp3) is 0.143. The minimum absolute atomic E-state index is 0.0946. The normalized spacial score (nSPS) is 12.7. The molecule has 0 saturated heterocycles. The summed E-state index contributed by atoms with van der Waals surface area (Å²) in [5, 5.41) is 19.0. The van der Waals surface area contributed by atoms with Gasteiger partial charge < -0.3 is 10.0 Å². The van der Waals surface area contributed by atoms with Gasteiger partial charge in [0.15, 0.2) is 0 Å². The van der Waals surface area contributed by atoms with Gasteiger partial charge in [0, 0.05) is 0 Å². The van der Waals surface area contributed by atoms with Gasteiger partial charge in [-0.3, -0.25) is 0 Å². The first-order valence-corrected chi connectivity index (χ1v) is 9.05. The van der Waals surface area contributed by atoms with Crippen molar-refractivity contribution < 1.29 is 49.6 Å². The molecule has 0 radical (unpaired) electrons. The summed E-state index contributed by atoms with van der Waals surface area (Å²) in [5.41, 5.74) is -6.61. The predicted octanol–water partition coefficient (Wildman–Crippen LogP) is 5.76. The fourth-order valence-electron chi connectivity index (χ4n) is 3.22. The molecule has 2 N–H and O–H groups in total. The maximum atomic E-state index is 13.5. The molecule has 174 valence electrons. The zero-order chi connectivity index (χ0) is 24.8. The zero-order valence-electron chi connectivity index (χ0n) is 16.1. The van der Waals surface area contributed by atoms with Crippen LogP contribution in [0.25, 0.3) is 22.3 Å². The number of hydrogen-bond donors (Lipinski definition) is 2. The third-order valence-electron chi connectivity index (χ3n) is 4.73. The van der Waals surface area contributed by atoms with Gasteiger partial charge >= 0.3 is 25.6 Å². The summed E-state index contributed by atoms with van der Waals surface area (Å²) in [7, 11) is -2.09. The van der Waals surface area contributed by atoms with Crippen molar-refractivity contribution in [2.75, 3.05) is 0 Å². The molecule has 0 aliphatic rings. The summed E-state index contributed by atoms with van der Waals surface area (Å²) in [6.45, 7) is 0. The van der Waals surface area contributed by atoms with Crippen LogP contribution >= 0.6 is 0 Å². The molecule has 0 amide bonds. The van der Waals surface area contributed by atoms with E-state index < -0.39 is 53.5 Å². The highest BCUT2D eigenvalue weighted by Gasteiger charge is 2.37. The Bertz CT molecular complexity index is 1130. The number of rotatable bonds is 3. The second kappa shape index (κ2) is 8.42. The van der Waals surface area contributed by atoms with E-state index >= 15 is 0 Å². The number of alkyl halides is 9. The van der Waals surface area contributed by atoms with Gasteiger partial charge in [0.05, 0.1) is 16.7 Å². The van der Waals surface area contributed by atoms with E-state index in [-0.39, 0.29) is 22.7 Å². The maximum absolute atomic E-state index is 13.5. The first-order chi connectivity index (χ1) is 15.1. The molecule has 0 unspecified atom stereocenters. The highest BCUT2D eigenvalue weighted by atomic mass is 19.4. The molecule has 3 aromatic rings. The fourth-order valence-corrected chi connectivity index (χ4v) is 3.22. The Morgan fingerprint density at radius 1 is 0.515 bits per heavy atom. The van der Waals surface area contributed by atoms with Gasteiger partial charge in [-0.05, 0) is 64.1 Å². The summed E-state index contributed by atoms with van der Waals surface area (Å²) in [6, 6.07) is 7.68. The van der Waals surface area contributed by atoms with Crippen LogP contribution in [-0.2, 0) is 18.5 Å². The summed E-state index contributed by atoms with van der Waals surface area (Å²) >= 11 is 0. The van der Waals surface area contributed by atoms with E-state index in [1.807, 2.05) is 0 Å². The number of halogens is 9. The molecule has 0 aliphatic heterocycles. The second-order valence-electron chi connectivity index (χ2n) is 7.05.